The number of likely N-dealkylation sites (tertiary alicyclic amines) is 1. The van der Waals surface area contributed by atoms with E-state index in [9.17, 15) is 4.79 Å². The molecule has 128 valence electrons. The van der Waals surface area contributed by atoms with E-state index in [1.165, 1.54) is 11.1 Å². The van der Waals surface area contributed by atoms with Crippen LogP contribution in [0.2, 0.25) is 0 Å². The summed E-state index contributed by atoms with van der Waals surface area (Å²) in [5.41, 5.74) is 4.48. The lowest BCUT2D eigenvalue weighted by atomic mass is 9.90. The van der Waals surface area contributed by atoms with Crippen LogP contribution in [0.25, 0.3) is 0 Å². The lowest BCUT2D eigenvalue weighted by molar-refractivity contribution is -0.139. The topological polar surface area (TPSA) is 47.4 Å². The van der Waals surface area contributed by atoms with Crippen LogP contribution in [0.4, 0.5) is 0 Å². The minimum absolute atomic E-state index is 0.0543. The quantitative estimate of drug-likeness (QED) is 0.847. The maximum absolute atomic E-state index is 12.3. The minimum Gasteiger partial charge on any atom is -0.480 e. The summed E-state index contributed by atoms with van der Waals surface area (Å²) in [6.45, 7) is 7.72. The summed E-state index contributed by atoms with van der Waals surface area (Å²) in [4.78, 5) is 14.1. The maximum Gasteiger partial charge on any atom is 0.260 e. The van der Waals surface area contributed by atoms with Crippen LogP contribution in [0.15, 0.2) is 24.3 Å². The number of carbonyl (C=O) groups is 1. The van der Waals surface area contributed by atoms with Crippen molar-refractivity contribution in [2.24, 2.45) is 13.0 Å². The van der Waals surface area contributed by atoms with Gasteiger partial charge < -0.3 is 9.64 Å². The second kappa shape index (κ2) is 6.67. The first-order valence-corrected chi connectivity index (χ1v) is 8.41. The van der Waals surface area contributed by atoms with Crippen LogP contribution in [-0.2, 0) is 18.3 Å². The fourth-order valence-corrected chi connectivity index (χ4v) is 3.24. The van der Waals surface area contributed by atoms with Gasteiger partial charge in [-0.15, -0.1) is 0 Å². The van der Waals surface area contributed by atoms with Crippen molar-refractivity contribution in [1.29, 1.82) is 0 Å². The molecule has 0 spiro atoms. The molecule has 1 amide bonds. The molecular weight excluding hydrogens is 302 g/mol. The third kappa shape index (κ3) is 3.30. The Morgan fingerprint density at radius 1 is 1.25 bits per heavy atom. The molecule has 0 N–H and O–H groups in total. The largest absolute Gasteiger partial charge is 0.480 e. The Bertz CT molecular complexity index is 745. The van der Waals surface area contributed by atoms with Crippen LogP contribution in [0.1, 0.15) is 22.5 Å². The Hall–Kier alpha value is -2.30. The summed E-state index contributed by atoms with van der Waals surface area (Å²) in [5, 5.41) is 4.30. The molecule has 0 bridgehead atoms. The molecule has 0 atom stereocenters. The Labute approximate surface area is 143 Å². The van der Waals surface area contributed by atoms with Crippen LogP contribution in [0, 0.1) is 26.7 Å². The van der Waals surface area contributed by atoms with E-state index in [4.69, 9.17) is 4.74 Å². The summed E-state index contributed by atoms with van der Waals surface area (Å²) < 4.78 is 7.48. The molecule has 5 heteroatoms. The van der Waals surface area contributed by atoms with Gasteiger partial charge in [-0.25, -0.2) is 0 Å². The fourth-order valence-electron chi connectivity index (χ4n) is 3.24. The second-order valence-corrected chi connectivity index (χ2v) is 6.71. The first-order chi connectivity index (χ1) is 11.5. The third-order valence-corrected chi connectivity index (χ3v) is 4.86. The van der Waals surface area contributed by atoms with Gasteiger partial charge >= 0.3 is 0 Å². The average molecular weight is 327 g/mol. The summed E-state index contributed by atoms with van der Waals surface area (Å²) in [5.74, 6) is 1.33. The highest BCUT2D eigenvalue weighted by molar-refractivity contribution is 5.78. The molecule has 3 rings (SSSR count). The van der Waals surface area contributed by atoms with E-state index in [1.807, 2.05) is 25.8 Å². The number of ether oxygens (including phenoxy) is 1. The lowest BCUT2D eigenvalue weighted by Gasteiger charge is -2.39. The van der Waals surface area contributed by atoms with E-state index in [1.54, 1.807) is 4.68 Å². The predicted octanol–water partition coefficient (Wildman–Crippen LogP) is 2.43. The zero-order chi connectivity index (χ0) is 17.3. The molecule has 2 heterocycles. The zero-order valence-corrected chi connectivity index (χ0v) is 14.9. The molecule has 1 aliphatic heterocycles. The van der Waals surface area contributed by atoms with Gasteiger partial charge in [0.25, 0.3) is 5.91 Å². The highest BCUT2D eigenvalue weighted by Gasteiger charge is 2.31. The SMILES string of the molecule is Cc1ccccc1CC1CN(C(=O)COc2c(C)nn(C)c2C)C1. The van der Waals surface area contributed by atoms with Crippen molar-refractivity contribution in [3.05, 3.63) is 46.8 Å². The first-order valence-electron chi connectivity index (χ1n) is 8.41. The standard InChI is InChI=1S/C19H25N3O2/c1-13-7-5-6-8-17(13)9-16-10-22(11-16)18(23)12-24-19-14(2)20-21(4)15(19)3/h5-8,16H,9-12H2,1-4H3. The number of nitrogens with zero attached hydrogens (tertiary/aromatic N) is 3. The number of hydrogen-bond donors (Lipinski definition) is 0. The first kappa shape index (κ1) is 16.6. The van der Waals surface area contributed by atoms with Crippen molar-refractivity contribution in [3.63, 3.8) is 0 Å². The Morgan fingerprint density at radius 3 is 2.58 bits per heavy atom. The lowest BCUT2D eigenvalue weighted by Crippen LogP contribution is -2.52. The summed E-state index contributed by atoms with van der Waals surface area (Å²) >= 11 is 0. The van der Waals surface area contributed by atoms with Crippen molar-refractivity contribution >= 4 is 5.91 Å². The van der Waals surface area contributed by atoms with Crippen molar-refractivity contribution < 1.29 is 9.53 Å². The number of hydrogen-bond acceptors (Lipinski definition) is 3. The van der Waals surface area contributed by atoms with Crippen LogP contribution in [0.5, 0.6) is 5.75 Å². The van der Waals surface area contributed by atoms with E-state index in [-0.39, 0.29) is 12.5 Å². The predicted molar refractivity (Wildman–Crippen MR) is 93.1 cm³/mol. The molecule has 1 aromatic carbocycles. The number of rotatable bonds is 5. The van der Waals surface area contributed by atoms with Gasteiger partial charge in [-0.1, -0.05) is 24.3 Å². The van der Waals surface area contributed by atoms with E-state index >= 15 is 0 Å². The van der Waals surface area contributed by atoms with Gasteiger partial charge in [-0.05, 0) is 44.2 Å². The smallest absolute Gasteiger partial charge is 0.260 e. The van der Waals surface area contributed by atoms with Gasteiger partial charge in [0, 0.05) is 20.1 Å². The van der Waals surface area contributed by atoms with Crippen LogP contribution in [-0.4, -0.2) is 40.3 Å². The summed E-state index contributed by atoms with van der Waals surface area (Å²) in [7, 11) is 1.88. The molecule has 1 aliphatic rings. The number of aromatic nitrogens is 2. The van der Waals surface area contributed by atoms with Crippen LogP contribution in [0.3, 0.4) is 0 Å². The normalized spacial score (nSPS) is 14.6. The molecule has 5 nitrogen and oxygen atoms in total. The highest BCUT2D eigenvalue weighted by Crippen LogP contribution is 2.24. The minimum atomic E-state index is 0.0543. The number of aryl methyl sites for hydroxylation is 3. The van der Waals surface area contributed by atoms with Crippen molar-refractivity contribution in [1.82, 2.24) is 14.7 Å². The molecule has 0 radical (unpaired) electrons. The number of amides is 1. The molecule has 0 unspecified atom stereocenters. The molecule has 1 aromatic heterocycles. The molecular formula is C19H25N3O2. The monoisotopic (exact) mass is 327 g/mol. The molecule has 24 heavy (non-hydrogen) atoms. The van der Waals surface area contributed by atoms with Gasteiger partial charge in [0.1, 0.15) is 5.69 Å². The fraction of sp³-hybridized carbons (Fsp3) is 0.474. The molecule has 0 aliphatic carbocycles. The Morgan fingerprint density at radius 2 is 1.96 bits per heavy atom. The Balaban J connectivity index is 1.48. The second-order valence-electron chi connectivity index (χ2n) is 6.71. The van der Waals surface area contributed by atoms with Crippen LogP contribution >= 0.6 is 0 Å². The highest BCUT2D eigenvalue weighted by atomic mass is 16.5. The van der Waals surface area contributed by atoms with Crippen molar-refractivity contribution in [2.75, 3.05) is 19.7 Å². The maximum atomic E-state index is 12.3. The molecule has 1 saturated heterocycles. The van der Waals surface area contributed by atoms with E-state index < -0.39 is 0 Å². The zero-order valence-electron chi connectivity index (χ0n) is 14.9. The molecule has 2 aromatic rings. The van der Waals surface area contributed by atoms with Gasteiger partial charge in [0.2, 0.25) is 0 Å². The van der Waals surface area contributed by atoms with Crippen molar-refractivity contribution in [3.8, 4) is 5.75 Å². The van der Waals surface area contributed by atoms with Crippen LogP contribution < -0.4 is 4.74 Å². The summed E-state index contributed by atoms with van der Waals surface area (Å²) in [6.07, 6.45) is 1.04. The third-order valence-electron chi connectivity index (χ3n) is 4.86. The van der Waals surface area contributed by atoms with E-state index in [0.717, 1.165) is 36.6 Å². The van der Waals surface area contributed by atoms with E-state index in [0.29, 0.717) is 5.92 Å². The number of carbonyl (C=O) groups excluding carboxylic acids is 1. The van der Waals surface area contributed by atoms with Crippen molar-refractivity contribution in [2.45, 2.75) is 27.2 Å². The summed E-state index contributed by atoms with van der Waals surface area (Å²) in [6, 6.07) is 8.46. The molecule has 1 fully saturated rings. The van der Waals surface area contributed by atoms with Gasteiger partial charge in [0.05, 0.1) is 5.69 Å². The van der Waals surface area contributed by atoms with E-state index in [2.05, 4.69) is 36.3 Å². The van der Waals surface area contributed by atoms with Gasteiger partial charge in [0.15, 0.2) is 12.4 Å². The average Bonchev–Trinajstić information content (AvgIpc) is 2.75. The molecule has 0 saturated carbocycles. The van der Waals surface area contributed by atoms with Gasteiger partial charge in [-0.3, -0.25) is 9.48 Å². The van der Waals surface area contributed by atoms with Gasteiger partial charge in [-0.2, -0.15) is 5.10 Å². The Kier molecular flexibility index (Phi) is 4.60. The number of benzene rings is 1.